The third kappa shape index (κ3) is 4.29. The summed E-state index contributed by atoms with van der Waals surface area (Å²) >= 11 is 14.6. The van der Waals surface area contributed by atoms with Crippen LogP contribution in [0.1, 0.15) is 27.3 Å². The highest BCUT2D eigenvalue weighted by molar-refractivity contribution is 9.10. The molecule has 0 aliphatic carbocycles. The van der Waals surface area contributed by atoms with Crippen LogP contribution in [0.3, 0.4) is 0 Å². The summed E-state index contributed by atoms with van der Waals surface area (Å²) in [7, 11) is 0. The lowest BCUT2D eigenvalue weighted by molar-refractivity contribution is -0.122. The molecule has 10 heteroatoms. The summed E-state index contributed by atoms with van der Waals surface area (Å²) in [4.78, 5) is 38.7. The Morgan fingerprint density at radius 3 is 2.38 bits per heavy atom. The molecule has 2 aromatic carbocycles. The van der Waals surface area contributed by atoms with Gasteiger partial charge in [-0.25, -0.2) is 4.79 Å². The molecule has 0 atom stereocenters. The predicted octanol–water partition coefficient (Wildman–Crippen LogP) is 5.04. The molecule has 2 heterocycles. The highest BCUT2D eigenvalue weighted by Gasteiger charge is 2.34. The number of nitrogens with one attached hydrogen (secondary N) is 1. The van der Waals surface area contributed by atoms with E-state index in [4.69, 9.17) is 23.8 Å². The molecule has 1 fully saturated rings. The molecule has 0 unspecified atom stereocenters. The highest BCUT2D eigenvalue weighted by atomic mass is 79.9. The SMILES string of the molecule is Cc1cc(C=C2C(=O)NC(=S)N(c3ccc(Br)cc3)C2=O)c(C)n1-c1ccc(Cl)c(C(=O)O)c1. The predicted molar refractivity (Wildman–Crippen MR) is 138 cm³/mol. The number of carboxylic acids is 1. The first kappa shape index (κ1) is 23.9. The number of aromatic nitrogens is 1. The fourth-order valence-corrected chi connectivity index (χ4v) is 4.53. The van der Waals surface area contributed by atoms with Crippen molar-refractivity contribution in [3.63, 3.8) is 0 Å². The number of anilines is 1. The Hall–Kier alpha value is -3.27. The fraction of sp³-hybridized carbons (Fsp3) is 0.0833. The van der Waals surface area contributed by atoms with Gasteiger partial charge in [0, 0.05) is 21.5 Å². The van der Waals surface area contributed by atoms with Crippen molar-refractivity contribution < 1.29 is 19.5 Å². The van der Waals surface area contributed by atoms with E-state index in [2.05, 4.69) is 21.2 Å². The lowest BCUT2D eigenvalue weighted by Gasteiger charge is -2.29. The van der Waals surface area contributed by atoms with E-state index < -0.39 is 17.8 Å². The van der Waals surface area contributed by atoms with Gasteiger partial charge in [-0.15, -0.1) is 0 Å². The zero-order valence-corrected chi connectivity index (χ0v) is 21.1. The van der Waals surface area contributed by atoms with Crippen LogP contribution in [-0.4, -0.2) is 32.6 Å². The normalized spacial score (nSPS) is 15.1. The Kier molecular flexibility index (Phi) is 6.44. The second-order valence-electron chi connectivity index (χ2n) is 7.57. The Morgan fingerprint density at radius 2 is 1.74 bits per heavy atom. The van der Waals surface area contributed by atoms with Gasteiger partial charge in [-0.3, -0.25) is 19.8 Å². The van der Waals surface area contributed by atoms with Crippen molar-refractivity contribution in [2.24, 2.45) is 0 Å². The summed E-state index contributed by atoms with van der Waals surface area (Å²) in [6, 6.07) is 13.5. The number of carbonyl (C=O) groups excluding carboxylic acids is 2. The summed E-state index contributed by atoms with van der Waals surface area (Å²) in [5, 5.41) is 12.1. The number of nitrogens with zero attached hydrogens (tertiary/aromatic N) is 2. The van der Waals surface area contributed by atoms with Gasteiger partial charge in [-0.2, -0.15) is 0 Å². The van der Waals surface area contributed by atoms with Crippen molar-refractivity contribution in [3.8, 4) is 5.69 Å². The molecule has 34 heavy (non-hydrogen) atoms. The second-order valence-corrected chi connectivity index (χ2v) is 9.28. The van der Waals surface area contributed by atoms with E-state index in [0.717, 1.165) is 10.2 Å². The van der Waals surface area contributed by atoms with Crippen molar-refractivity contribution >= 4 is 74.4 Å². The maximum atomic E-state index is 13.3. The van der Waals surface area contributed by atoms with Gasteiger partial charge in [-0.1, -0.05) is 27.5 Å². The molecule has 1 aliphatic rings. The number of rotatable bonds is 4. The zero-order chi connectivity index (χ0) is 24.7. The minimum absolute atomic E-state index is 0.00214. The molecule has 1 aromatic heterocycles. The van der Waals surface area contributed by atoms with E-state index in [1.807, 2.05) is 24.5 Å². The van der Waals surface area contributed by atoms with E-state index in [-0.39, 0.29) is 21.3 Å². The molecule has 1 saturated heterocycles. The third-order valence-electron chi connectivity index (χ3n) is 5.40. The molecular weight excluding hydrogens is 542 g/mol. The smallest absolute Gasteiger partial charge is 0.337 e. The van der Waals surface area contributed by atoms with Crippen molar-refractivity contribution in [2.45, 2.75) is 13.8 Å². The van der Waals surface area contributed by atoms with Crippen molar-refractivity contribution in [2.75, 3.05) is 4.90 Å². The maximum absolute atomic E-state index is 13.3. The van der Waals surface area contributed by atoms with Gasteiger partial charge in [0.2, 0.25) is 0 Å². The number of thiocarbonyl (C=S) groups is 1. The molecule has 7 nitrogen and oxygen atoms in total. The summed E-state index contributed by atoms with van der Waals surface area (Å²) in [6.45, 7) is 3.66. The van der Waals surface area contributed by atoms with Crippen molar-refractivity contribution in [3.05, 3.63) is 86.1 Å². The lowest BCUT2D eigenvalue weighted by Crippen LogP contribution is -2.54. The van der Waals surface area contributed by atoms with Gasteiger partial charge in [0.15, 0.2) is 5.11 Å². The first-order chi connectivity index (χ1) is 16.1. The summed E-state index contributed by atoms with van der Waals surface area (Å²) in [5.74, 6) is -2.27. The number of benzene rings is 2. The number of hydrogen-bond donors (Lipinski definition) is 2. The zero-order valence-electron chi connectivity index (χ0n) is 17.9. The average molecular weight is 559 g/mol. The molecule has 1 aliphatic heterocycles. The Morgan fingerprint density at radius 1 is 1.09 bits per heavy atom. The molecule has 0 spiro atoms. The van der Waals surface area contributed by atoms with Crippen LogP contribution in [0.5, 0.6) is 0 Å². The van der Waals surface area contributed by atoms with E-state index in [9.17, 15) is 19.5 Å². The van der Waals surface area contributed by atoms with E-state index in [1.54, 1.807) is 30.3 Å². The summed E-state index contributed by atoms with van der Waals surface area (Å²) < 4.78 is 2.67. The number of aromatic carboxylic acids is 1. The molecule has 172 valence electrons. The van der Waals surface area contributed by atoms with Crippen LogP contribution in [0.25, 0.3) is 11.8 Å². The topological polar surface area (TPSA) is 91.6 Å². The van der Waals surface area contributed by atoms with Gasteiger partial charge in [0.25, 0.3) is 11.8 Å². The minimum Gasteiger partial charge on any atom is -0.478 e. The van der Waals surface area contributed by atoms with Gasteiger partial charge in [0.05, 0.1) is 16.3 Å². The highest BCUT2D eigenvalue weighted by Crippen LogP contribution is 2.28. The third-order valence-corrected chi connectivity index (χ3v) is 6.54. The number of carbonyl (C=O) groups is 3. The second kappa shape index (κ2) is 9.17. The van der Waals surface area contributed by atoms with Gasteiger partial charge < -0.3 is 9.67 Å². The van der Waals surface area contributed by atoms with Crippen LogP contribution in [0.4, 0.5) is 5.69 Å². The average Bonchev–Trinajstić information content (AvgIpc) is 3.05. The summed E-state index contributed by atoms with van der Waals surface area (Å²) in [5.41, 5.74) is 3.16. The van der Waals surface area contributed by atoms with E-state index >= 15 is 0 Å². The van der Waals surface area contributed by atoms with Gasteiger partial charge in [-0.05, 0) is 86.2 Å². The van der Waals surface area contributed by atoms with Gasteiger partial charge in [0.1, 0.15) is 5.57 Å². The number of carboxylic acid groups (broad SMARTS) is 1. The van der Waals surface area contributed by atoms with E-state index in [1.165, 1.54) is 23.1 Å². The van der Waals surface area contributed by atoms with Gasteiger partial charge >= 0.3 is 5.97 Å². The molecule has 0 saturated carbocycles. The maximum Gasteiger partial charge on any atom is 0.337 e. The molecule has 3 aromatic rings. The number of amides is 2. The summed E-state index contributed by atoms with van der Waals surface area (Å²) in [6.07, 6.45) is 1.51. The lowest BCUT2D eigenvalue weighted by atomic mass is 10.1. The van der Waals surface area contributed by atoms with Crippen LogP contribution >= 0.6 is 39.7 Å². The standard InChI is InChI=1S/C24H17BrClN3O4S/c1-12-9-14(13(2)28(12)17-7-8-20(26)18(11-17)23(32)33)10-19-21(30)27-24(34)29(22(19)31)16-5-3-15(25)4-6-16/h3-11H,1-2H3,(H,32,33)(H,27,30,34). The van der Waals surface area contributed by atoms with Crippen molar-refractivity contribution in [1.29, 1.82) is 0 Å². The Labute approximate surface area is 213 Å². The molecular formula is C24H17BrClN3O4S. The van der Waals surface area contributed by atoms with Crippen LogP contribution in [0.15, 0.2) is 58.6 Å². The fourth-order valence-electron chi connectivity index (χ4n) is 3.78. The first-order valence-corrected chi connectivity index (χ1v) is 11.6. The van der Waals surface area contributed by atoms with E-state index in [0.29, 0.717) is 22.6 Å². The Bertz CT molecular complexity index is 1410. The molecule has 0 radical (unpaired) electrons. The molecule has 2 N–H and O–H groups in total. The molecule has 2 amide bonds. The largest absolute Gasteiger partial charge is 0.478 e. The van der Waals surface area contributed by atoms with Crippen LogP contribution < -0.4 is 10.2 Å². The first-order valence-electron chi connectivity index (χ1n) is 9.97. The number of halogens is 2. The van der Waals surface area contributed by atoms with Crippen molar-refractivity contribution in [1.82, 2.24) is 9.88 Å². The Balaban J connectivity index is 1.77. The van der Waals surface area contributed by atoms with Crippen LogP contribution in [0, 0.1) is 13.8 Å². The monoisotopic (exact) mass is 557 g/mol. The molecule has 4 rings (SSSR count). The van der Waals surface area contributed by atoms with Crippen LogP contribution in [0.2, 0.25) is 5.02 Å². The minimum atomic E-state index is -1.13. The quantitative estimate of drug-likeness (QED) is 0.266. The number of aryl methyl sites for hydroxylation is 1. The number of hydrogen-bond acceptors (Lipinski definition) is 4. The van der Waals surface area contributed by atoms with Crippen LogP contribution in [-0.2, 0) is 9.59 Å². The molecule has 0 bridgehead atoms.